The summed E-state index contributed by atoms with van der Waals surface area (Å²) in [5.41, 5.74) is 1.28. The summed E-state index contributed by atoms with van der Waals surface area (Å²) >= 11 is 3.35. The minimum atomic E-state index is -3.72. The number of hydrogen-bond donors (Lipinski definition) is 2. The van der Waals surface area contributed by atoms with E-state index < -0.39 is 10.0 Å². The number of sulfonamides is 1. The van der Waals surface area contributed by atoms with Gasteiger partial charge in [-0.2, -0.15) is 0 Å². The first-order valence-electron chi connectivity index (χ1n) is 8.09. The Morgan fingerprint density at radius 2 is 1.81 bits per heavy atom. The zero-order chi connectivity index (χ0) is 19.3. The van der Waals surface area contributed by atoms with E-state index in [4.69, 9.17) is 4.42 Å². The fourth-order valence-corrected chi connectivity index (χ4v) is 3.70. The topological polar surface area (TPSA) is 88.4 Å². The van der Waals surface area contributed by atoms with Gasteiger partial charge in [-0.05, 0) is 48.0 Å². The van der Waals surface area contributed by atoms with E-state index in [9.17, 15) is 13.2 Å². The SMILES string of the molecule is O=C(Cc1ccc(Br)cc1)Nc1cccc(S(=O)(=O)NCc2ccco2)c1. The zero-order valence-corrected chi connectivity index (χ0v) is 16.6. The summed E-state index contributed by atoms with van der Waals surface area (Å²) in [6.45, 7) is 0.0511. The van der Waals surface area contributed by atoms with Crippen LogP contribution in [0.4, 0.5) is 5.69 Å². The molecule has 1 heterocycles. The van der Waals surface area contributed by atoms with Gasteiger partial charge in [-0.25, -0.2) is 13.1 Å². The molecule has 27 heavy (non-hydrogen) atoms. The number of furan rings is 1. The summed E-state index contributed by atoms with van der Waals surface area (Å²) in [4.78, 5) is 12.3. The highest BCUT2D eigenvalue weighted by Crippen LogP contribution is 2.17. The van der Waals surface area contributed by atoms with E-state index in [2.05, 4.69) is 26.0 Å². The van der Waals surface area contributed by atoms with Gasteiger partial charge >= 0.3 is 0 Å². The Kier molecular flexibility index (Phi) is 6.10. The molecule has 0 saturated carbocycles. The fourth-order valence-electron chi connectivity index (χ4n) is 2.40. The fraction of sp³-hybridized carbons (Fsp3) is 0.105. The number of benzene rings is 2. The van der Waals surface area contributed by atoms with Gasteiger partial charge in [0.15, 0.2) is 0 Å². The van der Waals surface area contributed by atoms with Crippen LogP contribution in [0.2, 0.25) is 0 Å². The third kappa shape index (κ3) is 5.53. The van der Waals surface area contributed by atoms with Crippen LogP contribution in [0.3, 0.4) is 0 Å². The smallest absolute Gasteiger partial charge is 0.241 e. The van der Waals surface area contributed by atoms with E-state index in [0.717, 1.165) is 10.0 Å². The van der Waals surface area contributed by atoms with Crippen molar-refractivity contribution in [1.82, 2.24) is 4.72 Å². The maximum Gasteiger partial charge on any atom is 0.241 e. The molecule has 6 nitrogen and oxygen atoms in total. The molecule has 0 aliphatic carbocycles. The minimum absolute atomic E-state index is 0.0511. The Hall–Kier alpha value is -2.42. The first-order chi connectivity index (χ1) is 12.9. The number of nitrogens with one attached hydrogen (secondary N) is 2. The molecule has 1 amide bonds. The second-order valence-corrected chi connectivity index (χ2v) is 8.47. The van der Waals surface area contributed by atoms with E-state index in [0.29, 0.717) is 11.4 Å². The van der Waals surface area contributed by atoms with Crippen molar-refractivity contribution in [2.24, 2.45) is 0 Å². The maximum absolute atomic E-state index is 12.4. The summed E-state index contributed by atoms with van der Waals surface area (Å²) in [6, 6.07) is 16.9. The Balaban J connectivity index is 1.65. The number of anilines is 1. The average molecular weight is 449 g/mol. The Labute approximate surface area is 165 Å². The van der Waals surface area contributed by atoms with Crippen molar-refractivity contribution < 1.29 is 17.6 Å². The summed E-state index contributed by atoms with van der Waals surface area (Å²) in [6.07, 6.45) is 1.67. The molecule has 140 valence electrons. The predicted octanol–water partition coefficient (Wildman–Crippen LogP) is 3.70. The van der Waals surface area contributed by atoms with Crippen molar-refractivity contribution in [3.63, 3.8) is 0 Å². The second kappa shape index (κ2) is 8.51. The van der Waals surface area contributed by atoms with Crippen LogP contribution < -0.4 is 10.0 Å². The van der Waals surface area contributed by atoms with Crippen molar-refractivity contribution >= 4 is 37.5 Å². The van der Waals surface area contributed by atoms with Gasteiger partial charge < -0.3 is 9.73 Å². The van der Waals surface area contributed by atoms with E-state index in [1.54, 1.807) is 24.3 Å². The van der Waals surface area contributed by atoms with Gasteiger partial charge in [-0.1, -0.05) is 34.1 Å². The van der Waals surface area contributed by atoms with Crippen LogP contribution in [0.25, 0.3) is 0 Å². The van der Waals surface area contributed by atoms with E-state index in [-0.39, 0.29) is 23.8 Å². The lowest BCUT2D eigenvalue weighted by Crippen LogP contribution is -2.23. The Morgan fingerprint density at radius 3 is 2.52 bits per heavy atom. The molecule has 3 rings (SSSR count). The average Bonchev–Trinajstić information content (AvgIpc) is 3.16. The van der Waals surface area contributed by atoms with Crippen molar-refractivity contribution in [1.29, 1.82) is 0 Å². The highest BCUT2D eigenvalue weighted by atomic mass is 79.9. The molecular weight excluding hydrogens is 432 g/mol. The second-order valence-electron chi connectivity index (χ2n) is 5.78. The predicted molar refractivity (Wildman–Crippen MR) is 106 cm³/mol. The van der Waals surface area contributed by atoms with Crippen molar-refractivity contribution in [2.75, 3.05) is 5.32 Å². The molecule has 0 radical (unpaired) electrons. The van der Waals surface area contributed by atoms with Gasteiger partial charge in [0.25, 0.3) is 0 Å². The third-order valence-electron chi connectivity index (χ3n) is 3.72. The van der Waals surface area contributed by atoms with Crippen LogP contribution >= 0.6 is 15.9 Å². The molecule has 0 bridgehead atoms. The van der Waals surface area contributed by atoms with Gasteiger partial charge in [0, 0.05) is 10.2 Å². The molecule has 0 aliphatic rings. The van der Waals surface area contributed by atoms with Gasteiger partial charge in [-0.15, -0.1) is 0 Å². The highest BCUT2D eigenvalue weighted by Gasteiger charge is 2.15. The summed E-state index contributed by atoms with van der Waals surface area (Å²) in [5.74, 6) is 0.285. The summed E-state index contributed by atoms with van der Waals surface area (Å²) in [5, 5.41) is 2.73. The number of hydrogen-bond acceptors (Lipinski definition) is 4. The maximum atomic E-state index is 12.4. The van der Waals surface area contributed by atoms with Crippen molar-refractivity contribution in [2.45, 2.75) is 17.9 Å². The third-order valence-corrected chi connectivity index (χ3v) is 5.65. The lowest BCUT2D eigenvalue weighted by Gasteiger charge is -2.09. The quantitative estimate of drug-likeness (QED) is 0.576. The largest absolute Gasteiger partial charge is 0.468 e. The molecule has 8 heteroatoms. The number of carbonyl (C=O) groups excluding carboxylic acids is 1. The summed E-state index contributed by atoms with van der Waals surface area (Å²) < 4.78 is 33.4. The molecule has 2 N–H and O–H groups in total. The van der Waals surface area contributed by atoms with Crippen molar-refractivity contribution in [3.05, 3.63) is 82.7 Å². The molecule has 1 aromatic heterocycles. The van der Waals surface area contributed by atoms with Crippen LogP contribution in [0.5, 0.6) is 0 Å². The first-order valence-corrected chi connectivity index (χ1v) is 10.4. The minimum Gasteiger partial charge on any atom is -0.468 e. The lowest BCUT2D eigenvalue weighted by atomic mass is 10.1. The molecule has 0 unspecified atom stereocenters. The molecular formula is C19H17BrN2O4S. The van der Waals surface area contributed by atoms with Crippen LogP contribution in [-0.2, 0) is 27.8 Å². The molecule has 0 saturated heterocycles. The van der Waals surface area contributed by atoms with E-state index in [1.807, 2.05) is 24.3 Å². The lowest BCUT2D eigenvalue weighted by molar-refractivity contribution is -0.115. The van der Waals surface area contributed by atoms with Crippen LogP contribution in [0.1, 0.15) is 11.3 Å². The molecule has 3 aromatic rings. The normalized spacial score (nSPS) is 11.3. The van der Waals surface area contributed by atoms with Gasteiger partial charge in [-0.3, -0.25) is 4.79 Å². The van der Waals surface area contributed by atoms with Crippen LogP contribution in [0.15, 0.2) is 80.7 Å². The van der Waals surface area contributed by atoms with E-state index in [1.165, 1.54) is 18.4 Å². The van der Waals surface area contributed by atoms with Gasteiger partial charge in [0.05, 0.1) is 24.1 Å². The molecule has 0 aliphatic heterocycles. The number of halogens is 1. The monoisotopic (exact) mass is 448 g/mol. The number of rotatable bonds is 7. The Bertz CT molecular complexity index is 1020. The van der Waals surface area contributed by atoms with Crippen LogP contribution in [-0.4, -0.2) is 14.3 Å². The zero-order valence-electron chi connectivity index (χ0n) is 14.2. The van der Waals surface area contributed by atoms with Crippen molar-refractivity contribution in [3.8, 4) is 0 Å². The summed E-state index contributed by atoms with van der Waals surface area (Å²) in [7, 11) is -3.72. The standard InChI is InChI=1S/C19H17BrN2O4S/c20-15-8-6-14(7-9-15)11-19(23)22-16-3-1-5-18(12-16)27(24,25)21-13-17-4-2-10-26-17/h1-10,12,21H,11,13H2,(H,22,23). The number of amides is 1. The first kappa shape index (κ1) is 19.3. The van der Waals surface area contributed by atoms with Gasteiger partial charge in [0.2, 0.25) is 15.9 Å². The Morgan fingerprint density at radius 1 is 1.04 bits per heavy atom. The molecule has 0 atom stereocenters. The van der Waals surface area contributed by atoms with Crippen LogP contribution in [0, 0.1) is 0 Å². The molecule has 0 spiro atoms. The number of carbonyl (C=O) groups is 1. The molecule has 2 aromatic carbocycles. The highest BCUT2D eigenvalue weighted by molar-refractivity contribution is 9.10. The molecule has 0 fully saturated rings. The van der Waals surface area contributed by atoms with E-state index >= 15 is 0 Å². The van der Waals surface area contributed by atoms with Gasteiger partial charge in [0.1, 0.15) is 5.76 Å².